The smallest absolute Gasteiger partial charge is 0.106 e. The molecule has 1 atom stereocenters. The minimum atomic E-state index is 0.559. The van der Waals surface area contributed by atoms with Crippen molar-refractivity contribution in [2.75, 3.05) is 24.5 Å². The maximum atomic E-state index is 5.73. The second kappa shape index (κ2) is 9.12. The summed E-state index contributed by atoms with van der Waals surface area (Å²) in [6.45, 7) is 6.33. The molecule has 1 aliphatic heterocycles. The summed E-state index contributed by atoms with van der Waals surface area (Å²) in [5.41, 5.74) is 8.32. The van der Waals surface area contributed by atoms with Gasteiger partial charge in [-0.1, -0.05) is 0 Å². The molecule has 1 aliphatic rings. The van der Waals surface area contributed by atoms with Crippen LogP contribution in [0.5, 0.6) is 0 Å². The third-order valence-electron chi connectivity index (χ3n) is 5.12. The van der Waals surface area contributed by atoms with Crippen molar-refractivity contribution in [3.8, 4) is 0 Å². The Hall–Kier alpha value is -0.950. The number of nitrogens with two attached hydrogens (primary N) is 1. The summed E-state index contributed by atoms with van der Waals surface area (Å²) in [5.74, 6) is 0. The lowest BCUT2D eigenvalue weighted by Gasteiger charge is -2.41. The molecule has 1 unspecified atom stereocenters. The van der Waals surface area contributed by atoms with Gasteiger partial charge in [-0.25, -0.2) is 4.98 Å². The summed E-state index contributed by atoms with van der Waals surface area (Å²) in [6.07, 6.45) is 5.45. The van der Waals surface area contributed by atoms with Gasteiger partial charge in [-0.15, -0.1) is 0 Å². The second-order valence-corrected chi connectivity index (χ2v) is 8.38. The van der Waals surface area contributed by atoms with Crippen LogP contribution in [0.15, 0.2) is 39.8 Å². The molecule has 6 heteroatoms. The van der Waals surface area contributed by atoms with Crippen LogP contribution >= 0.6 is 27.3 Å². The fourth-order valence-corrected chi connectivity index (χ4v) is 4.50. The molecule has 0 aromatic carbocycles. The highest BCUT2D eigenvalue weighted by Crippen LogP contribution is 2.27. The minimum absolute atomic E-state index is 0.559. The van der Waals surface area contributed by atoms with E-state index in [1.807, 2.05) is 12.3 Å². The van der Waals surface area contributed by atoms with E-state index in [9.17, 15) is 0 Å². The first-order valence-electron chi connectivity index (χ1n) is 9.00. The highest BCUT2D eigenvalue weighted by molar-refractivity contribution is 9.10. The van der Waals surface area contributed by atoms with E-state index in [1.165, 1.54) is 24.1 Å². The van der Waals surface area contributed by atoms with Crippen LogP contribution in [0.25, 0.3) is 0 Å². The van der Waals surface area contributed by atoms with Gasteiger partial charge in [0.15, 0.2) is 0 Å². The molecular weight excluding hydrogens is 396 g/mol. The maximum Gasteiger partial charge on any atom is 0.106 e. The van der Waals surface area contributed by atoms with E-state index in [-0.39, 0.29) is 0 Å². The van der Waals surface area contributed by atoms with Crippen molar-refractivity contribution in [3.63, 3.8) is 0 Å². The topological polar surface area (TPSA) is 45.4 Å². The molecule has 4 nitrogen and oxygen atoms in total. The fraction of sp³-hybridized carbons (Fsp3) is 0.526. The van der Waals surface area contributed by atoms with Gasteiger partial charge in [-0.3, -0.25) is 0 Å². The highest BCUT2D eigenvalue weighted by atomic mass is 79.9. The third-order valence-corrected chi connectivity index (χ3v) is 6.33. The Kier molecular flexibility index (Phi) is 6.87. The molecule has 2 aromatic heterocycles. The van der Waals surface area contributed by atoms with E-state index in [4.69, 9.17) is 5.73 Å². The van der Waals surface area contributed by atoms with Crippen molar-refractivity contribution >= 4 is 33.0 Å². The molecule has 0 bridgehead atoms. The molecule has 0 spiro atoms. The predicted molar refractivity (Wildman–Crippen MR) is 110 cm³/mol. The molecule has 0 aliphatic carbocycles. The van der Waals surface area contributed by atoms with Crippen LogP contribution < -0.4 is 10.6 Å². The molecule has 1 saturated heterocycles. The molecule has 25 heavy (non-hydrogen) atoms. The monoisotopic (exact) mass is 422 g/mol. The predicted octanol–water partition coefficient (Wildman–Crippen LogP) is 4.11. The number of likely N-dealkylation sites (tertiary alicyclic amines) is 1. The van der Waals surface area contributed by atoms with E-state index in [0.717, 1.165) is 37.2 Å². The molecule has 2 N–H and O–H groups in total. The average Bonchev–Trinajstić information content (AvgIpc) is 3.14. The first kappa shape index (κ1) is 18.8. The van der Waals surface area contributed by atoms with Crippen LogP contribution in [-0.2, 0) is 6.54 Å². The Morgan fingerprint density at radius 2 is 2.16 bits per heavy atom. The molecule has 0 radical (unpaired) electrons. The van der Waals surface area contributed by atoms with Gasteiger partial charge in [0.25, 0.3) is 0 Å². The lowest BCUT2D eigenvalue weighted by molar-refractivity contribution is 0.154. The van der Waals surface area contributed by atoms with Crippen LogP contribution in [0.4, 0.5) is 5.69 Å². The summed E-state index contributed by atoms with van der Waals surface area (Å²) in [5, 5.41) is 4.40. The number of piperidine rings is 1. The normalized spacial score (nSPS) is 17.6. The first-order valence-corrected chi connectivity index (χ1v) is 10.7. The number of pyridine rings is 1. The van der Waals surface area contributed by atoms with Crippen molar-refractivity contribution in [2.45, 2.75) is 44.8 Å². The van der Waals surface area contributed by atoms with Crippen molar-refractivity contribution in [2.24, 2.45) is 5.73 Å². The van der Waals surface area contributed by atoms with Crippen LogP contribution in [0.2, 0.25) is 0 Å². The van der Waals surface area contributed by atoms with Crippen LogP contribution in [0.1, 0.15) is 31.7 Å². The van der Waals surface area contributed by atoms with E-state index in [0.29, 0.717) is 12.1 Å². The zero-order valence-electron chi connectivity index (χ0n) is 14.8. The Bertz CT molecular complexity index is 623. The van der Waals surface area contributed by atoms with Crippen LogP contribution in [0.3, 0.4) is 0 Å². The standard InChI is InChI=1S/C19H27BrN4S/c1-15(4-8-21)23-9-5-17(6-10-23)24(13-16-7-11-25-14-16)18-2-3-19(20)22-12-18/h2-3,7,11-12,14-15,17H,4-6,8-10,13,21H2,1H3. The average molecular weight is 423 g/mol. The lowest BCUT2D eigenvalue weighted by Crippen LogP contribution is -2.47. The summed E-state index contributed by atoms with van der Waals surface area (Å²) in [4.78, 5) is 9.57. The number of halogens is 1. The minimum Gasteiger partial charge on any atom is -0.363 e. The molecule has 0 saturated carbocycles. The highest BCUT2D eigenvalue weighted by Gasteiger charge is 2.27. The van der Waals surface area contributed by atoms with Crippen LogP contribution in [0, 0.1) is 0 Å². The number of rotatable bonds is 7. The summed E-state index contributed by atoms with van der Waals surface area (Å²) >= 11 is 5.21. The largest absolute Gasteiger partial charge is 0.363 e. The number of thiophene rings is 1. The van der Waals surface area contributed by atoms with E-state index in [2.05, 4.69) is 60.5 Å². The van der Waals surface area contributed by atoms with Crippen LogP contribution in [-0.4, -0.2) is 41.6 Å². The molecule has 1 fully saturated rings. The zero-order chi connectivity index (χ0) is 17.6. The Morgan fingerprint density at radius 3 is 2.76 bits per heavy atom. The molecule has 0 amide bonds. The molecule has 136 valence electrons. The van der Waals surface area contributed by atoms with Crippen molar-refractivity contribution in [1.29, 1.82) is 0 Å². The fourth-order valence-electron chi connectivity index (χ4n) is 3.61. The van der Waals surface area contributed by atoms with E-state index in [1.54, 1.807) is 11.3 Å². The Labute approximate surface area is 163 Å². The third kappa shape index (κ3) is 5.03. The number of hydrogen-bond donors (Lipinski definition) is 1. The number of hydrogen-bond acceptors (Lipinski definition) is 5. The molecule has 2 aromatic rings. The summed E-state index contributed by atoms with van der Waals surface area (Å²) in [7, 11) is 0. The van der Waals surface area contributed by atoms with Crippen molar-refractivity contribution < 1.29 is 0 Å². The van der Waals surface area contributed by atoms with E-state index >= 15 is 0 Å². The number of anilines is 1. The van der Waals surface area contributed by atoms with Gasteiger partial charge in [-0.2, -0.15) is 11.3 Å². The van der Waals surface area contributed by atoms with E-state index < -0.39 is 0 Å². The first-order chi connectivity index (χ1) is 12.2. The molecule has 3 rings (SSSR count). The summed E-state index contributed by atoms with van der Waals surface area (Å²) < 4.78 is 0.886. The zero-order valence-corrected chi connectivity index (χ0v) is 17.2. The van der Waals surface area contributed by atoms with Gasteiger partial charge < -0.3 is 15.5 Å². The second-order valence-electron chi connectivity index (χ2n) is 6.79. The molecular formula is C19H27BrN4S. The maximum absolute atomic E-state index is 5.73. The van der Waals surface area contributed by atoms with Crippen molar-refractivity contribution in [1.82, 2.24) is 9.88 Å². The van der Waals surface area contributed by atoms with Crippen molar-refractivity contribution in [3.05, 3.63) is 45.3 Å². The van der Waals surface area contributed by atoms with Gasteiger partial charge >= 0.3 is 0 Å². The Morgan fingerprint density at radius 1 is 1.36 bits per heavy atom. The quantitative estimate of drug-likeness (QED) is 0.681. The summed E-state index contributed by atoms with van der Waals surface area (Å²) in [6, 6.07) is 7.58. The molecule has 3 heterocycles. The van der Waals surface area contributed by atoms with Gasteiger partial charge in [0.05, 0.1) is 11.9 Å². The lowest BCUT2D eigenvalue weighted by atomic mass is 10.00. The number of nitrogens with zero attached hydrogens (tertiary/aromatic N) is 3. The Balaban J connectivity index is 1.70. The van der Waals surface area contributed by atoms with Gasteiger partial charge in [0.1, 0.15) is 4.60 Å². The van der Waals surface area contributed by atoms with Gasteiger partial charge in [-0.05, 0) is 83.2 Å². The number of aromatic nitrogens is 1. The van der Waals surface area contributed by atoms with Gasteiger partial charge in [0, 0.05) is 31.7 Å². The van der Waals surface area contributed by atoms with Gasteiger partial charge in [0.2, 0.25) is 0 Å². The SMILES string of the molecule is CC(CCN)N1CCC(N(Cc2ccsc2)c2ccc(Br)nc2)CC1.